The highest BCUT2D eigenvalue weighted by atomic mass is 16.1. The van der Waals surface area contributed by atoms with Gasteiger partial charge in [0.2, 0.25) is 0 Å². The molecule has 0 atom stereocenters. The Hall–Kier alpha value is -1.77. The molecule has 1 aromatic rings. The van der Waals surface area contributed by atoms with Crippen molar-refractivity contribution in [1.82, 2.24) is 4.98 Å². The second kappa shape index (κ2) is 2.62. The van der Waals surface area contributed by atoms with Crippen LogP contribution in [0.4, 0.5) is 0 Å². The summed E-state index contributed by atoms with van der Waals surface area (Å²) >= 11 is 0. The fourth-order valence-electron chi connectivity index (χ4n) is 1.29. The molecule has 1 aliphatic carbocycles. The molecular formula is C10H7NO2. The Bertz CT molecular complexity index is 433. The number of ketones is 2. The molecule has 0 aliphatic heterocycles. The average Bonchev–Trinajstić information content (AvgIpc) is 2.12. The molecule has 3 nitrogen and oxygen atoms in total. The molecule has 1 heterocycles. The Morgan fingerprint density at radius 3 is 2.38 bits per heavy atom. The summed E-state index contributed by atoms with van der Waals surface area (Å²) in [6.07, 6.45) is 4.03. The van der Waals surface area contributed by atoms with E-state index in [0.717, 1.165) is 5.69 Å². The van der Waals surface area contributed by atoms with Crippen LogP contribution in [0.15, 0.2) is 24.4 Å². The first-order valence-corrected chi connectivity index (χ1v) is 3.92. The molecule has 0 saturated heterocycles. The number of pyridine rings is 1. The van der Waals surface area contributed by atoms with Crippen molar-refractivity contribution in [2.45, 2.75) is 6.92 Å². The van der Waals surface area contributed by atoms with E-state index in [1.54, 1.807) is 13.0 Å². The molecule has 3 heteroatoms. The molecule has 0 N–H and O–H groups in total. The second-order valence-electron chi connectivity index (χ2n) is 2.93. The van der Waals surface area contributed by atoms with Crippen molar-refractivity contribution >= 4 is 11.6 Å². The Balaban J connectivity index is 2.69. The lowest BCUT2D eigenvalue weighted by molar-refractivity contribution is 0.0993. The Morgan fingerprint density at radius 2 is 1.69 bits per heavy atom. The topological polar surface area (TPSA) is 47.0 Å². The fraction of sp³-hybridized carbons (Fsp3) is 0.100. The van der Waals surface area contributed by atoms with Gasteiger partial charge in [-0.3, -0.25) is 14.6 Å². The highest BCUT2D eigenvalue weighted by Crippen LogP contribution is 2.16. The number of hydrogen-bond acceptors (Lipinski definition) is 3. The number of allylic oxidation sites excluding steroid dienone is 2. The van der Waals surface area contributed by atoms with Gasteiger partial charge in [0.1, 0.15) is 0 Å². The summed E-state index contributed by atoms with van der Waals surface area (Å²) in [5.41, 5.74) is 1.60. The van der Waals surface area contributed by atoms with Gasteiger partial charge in [-0.05, 0) is 25.1 Å². The average molecular weight is 173 g/mol. The van der Waals surface area contributed by atoms with Crippen LogP contribution in [0.25, 0.3) is 0 Å². The molecule has 0 spiro atoms. The van der Waals surface area contributed by atoms with Crippen LogP contribution in [0, 0.1) is 6.92 Å². The van der Waals surface area contributed by atoms with Crippen LogP contribution < -0.4 is 0 Å². The third kappa shape index (κ3) is 1.18. The van der Waals surface area contributed by atoms with Crippen LogP contribution in [0.2, 0.25) is 0 Å². The molecule has 0 radical (unpaired) electrons. The van der Waals surface area contributed by atoms with Crippen LogP contribution in [-0.2, 0) is 0 Å². The van der Waals surface area contributed by atoms with Gasteiger partial charge in [0.15, 0.2) is 11.6 Å². The summed E-state index contributed by atoms with van der Waals surface area (Å²) in [6, 6.07) is 1.64. The number of aromatic nitrogens is 1. The molecule has 0 aromatic carbocycles. The van der Waals surface area contributed by atoms with Crippen molar-refractivity contribution in [3.05, 3.63) is 41.2 Å². The van der Waals surface area contributed by atoms with Crippen molar-refractivity contribution in [3.8, 4) is 0 Å². The molecule has 0 fully saturated rings. The van der Waals surface area contributed by atoms with Crippen LogP contribution in [0.5, 0.6) is 0 Å². The van der Waals surface area contributed by atoms with E-state index in [9.17, 15) is 9.59 Å². The predicted octanol–water partition coefficient (Wildman–Crippen LogP) is 1.33. The third-order valence-electron chi connectivity index (χ3n) is 1.96. The van der Waals surface area contributed by atoms with Gasteiger partial charge in [-0.2, -0.15) is 0 Å². The third-order valence-corrected chi connectivity index (χ3v) is 1.96. The van der Waals surface area contributed by atoms with Gasteiger partial charge in [0.25, 0.3) is 0 Å². The van der Waals surface area contributed by atoms with Crippen molar-refractivity contribution in [3.63, 3.8) is 0 Å². The number of nitrogens with zero attached hydrogens (tertiary/aromatic N) is 1. The lowest BCUT2D eigenvalue weighted by Crippen LogP contribution is -2.12. The maximum atomic E-state index is 11.3. The number of carbonyl (C=O) groups excluding carboxylic acids is 2. The standard InChI is InChI=1S/C10H7NO2/c1-6-4-7-8(5-11-6)10(13)3-2-9(7)12/h2-5H,1H3. The first-order valence-electron chi connectivity index (χ1n) is 3.92. The highest BCUT2D eigenvalue weighted by molar-refractivity contribution is 6.21. The zero-order chi connectivity index (χ0) is 9.42. The molecule has 0 unspecified atom stereocenters. The molecule has 2 rings (SSSR count). The highest BCUT2D eigenvalue weighted by Gasteiger charge is 2.18. The second-order valence-corrected chi connectivity index (χ2v) is 2.93. The molecule has 1 aliphatic rings. The SMILES string of the molecule is Cc1cc2c(cn1)C(=O)C=CC2=O. The smallest absolute Gasteiger partial charge is 0.188 e. The summed E-state index contributed by atoms with van der Waals surface area (Å²) in [5, 5.41) is 0. The molecule has 1 aromatic heterocycles. The van der Waals surface area contributed by atoms with Crippen LogP contribution in [0.1, 0.15) is 26.4 Å². The number of hydrogen-bond donors (Lipinski definition) is 0. The van der Waals surface area contributed by atoms with Crippen molar-refractivity contribution in [2.75, 3.05) is 0 Å². The number of aryl methyl sites for hydroxylation is 1. The predicted molar refractivity (Wildman–Crippen MR) is 46.8 cm³/mol. The maximum absolute atomic E-state index is 11.3. The van der Waals surface area contributed by atoms with Gasteiger partial charge >= 0.3 is 0 Å². The summed E-state index contributed by atoms with van der Waals surface area (Å²) in [6.45, 7) is 1.79. The van der Waals surface area contributed by atoms with E-state index < -0.39 is 0 Å². The van der Waals surface area contributed by atoms with Gasteiger partial charge in [0.05, 0.1) is 5.56 Å². The van der Waals surface area contributed by atoms with E-state index in [4.69, 9.17) is 0 Å². The summed E-state index contributed by atoms with van der Waals surface area (Å²) in [7, 11) is 0. The molecule has 0 amide bonds. The Morgan fingerprint density at radius 1 is 1.08 bits per heavy atom. The number of fused-ring (bicyclic) bond motifs is 1. The zero-order valence-corrected chi connectivity index (χ0v) is 7.07. The quantitative estimate of drug-likeness (QED) is 0.594. The largest absolute Gasteiger partial charge is 0.289 e. The minimum absolute atomic E-state index is 0.125. The van der Waals surface area contributed by atoms with Gasteiger partial charge in [-0.1, -0.05) is 0 Å². The van der Waals surface area contributed by atoms with Crippen LogP contribution in [-0.4, -0.2) is 16.6 Å². The fourth-order valence-corrected chi connectivity index (χ4v) is 1.29. The lowest BCUT2D eigenvalue weighted by Gasteiger charge is -2.07. The summed E-state index contributed by atoms with van der Waals surface area (Å²) in [4.78, 5) is 26.6. The van der Waals surface area contributed by atoms with E-state index in [0.29, 0.717) is 11.1 Å². The van der Waals surface area contributed by atoms with E-state index in [2.05, 4.69) is 4.98 Å². The van der Waals surface area contributed by atoms with Crippen molar-refractivity contribution in [1.29, 1.82) is 0 Å². The van der Waals surface area contributed by atoms with Crippen LogP contribution in [0.3, 0.4) is 0 Å². The van der Waals surface area contributed by atoms with E-state index in [1.807, 2.05) is 0 Å². The zero-order valence-electron chi connectivity index (χ0n) is 7.07. The number of rotatable bonds is 0. The minimum atomic E-state index is -0.151. The first kappa shape index (κ1) is 7.86. The Labute approximate surface area is 75.1 Å². The number of carbonyl (C=O) groups is 2. The monoisotopic (exact) mass is 173 g/mol. The Kier molecular flexibility index (Phi) is 1.59. The minimum Gasteiger partial charge on any atom is -0.289 e. The van der Waals surface area contributed by atoms with E-state index in [1.165, 1.54) is 18.3 Å². The van der Waals surface area contributed by atoms with Gasteiger partial charge < -0.3 is 0 Å². The van der Waals surface area contributed by atoms with Gasteiger partial charge in [-0.15, -0.1) is 0 Å². The molecule has 64 valence electrons. The molecule has 0 saturated carbocycles. The van der Waals surface area contributed by atoms with Crippen LogP contribution >= 0.6 is 0 Å². The van der Waals surface area contributed by atoms with Crippen molar-refractivity contribution < 1.29 is 9.59 Å². The maximum Gasteiger partial charge on any atom is 0.188 e. The van der Waals surface area contributed by atoms with E-state index in [-0.39, 0.29) is 11.6 Å². The van der Waals surface area contributed by atoms with Crippen molar-refractivity contribution in [2.24, 2.45) is 0 Å². The van der Waals surface area contributed by atoms with Gasteiger partial charge in [-0.25, -0.2) is 0 Å². The normalized spacial score (nSPS) is 14.5. The summed E-state index contributed by atoms with van der Waals surface area (Å²) < 4.78 is 0. The first-order chi connectivity index (χ1) is 6.18. The summed E-state index contributed by atoms with van der Waals surface area (Å²) in [5.74, 6) is -0.276. The molecular weight excluding hydrogens is 166 g/mol. The van der Waals surface area contributed by atoms with Gasteiger partial charge in [0, 0.05) is 17.5 Å². The van der Waals surface area contributed by atoms with E-state index >= 15 is 0 Å². The molecule has 0 bridgehead atoms. The lowest BCUT2D eigenvalue weighted by atomic mass is 9.96. The molecule has 13 heavy (non-hydrogen) atoms.